The monoisotopic (exact) mass is 279 g/mol. The van der Waals surface area contributed by atoms with E-state index in [2.05, 4.69) is 4.90 Å². The molecule has 1 aliphatic heterocycles. The van der Waals surface area contributed by atoms with E-state index < -0.39 is 5.97 Å². The SMILES string of the molecule is CCOc1ccc(CN2CCOCC2CC(=O)O)cc1. The normalized spacial score (nSPS) is 19.8. The van der Waals surface area contributed by atoms with Gasteiger partial charge in [-0.1, -0.05) is 12.1 Å². The standard InChI is InChI=1S/C15H21NO4/c1-2-20-14-5-3-12(4-6-14)10-16-7-8-19-11-13(16)9-15(17)18/h3-6,13H,2,7-11H2,1H3,(H,17,18). The molecular formula is C15H21NO4. The summed E-state index contributed by atoms with van der Waals surface area (Å²) < 4.78 is 10.8. The van der Waals surface area contributed by atoms with Gasteiger partial charge in [0.2, 0.25) is 0 Å². The van der Waals surface area contributed by atoms with Crippen molar-refractivity contribution in [1.82, 2.24) is 4.90 Å². The Morgan fingerprint density at radius 3 is 2.85 bits per heavy atom. The maximum absolute atomic E-state index is 10.9. The highest BCUT2D eigenvalue weighted by Crippen LogP contribution is 2.17. The summed E-state index contributed by atoms with van der Waals surface area (Å²) in [4.78, 5) is 13.1. The molecule has 1 fully saturated rings. The van der Waals surface area contributed by atoms with E-state index in [4.69, 9.17) is 14.6 Å². The van der Waals surface area contributed by atoms with E-state index in [9.17, 15) is 4.79 Å². The van der Waals surface area contributed by atoms with E-state index in [0.29, 0.717) is 19.8 Å². The van der Waals surface area contributed by atoms with Gasteiger partial charge in [-0.3, -0.25) is 9.69 Å². The first-order valence-corrected chi connectivity index (χ1v) is 6.94. The van der Waals surface area contributed by atoms with Crippen molar-refractivity contribution in [2.75, 3.05) is 26.4 Å². The Balaban J connectivity index is 1.97. The summed E-state index contributed by atoms with van der Waals surface area (Å²) >= 11 is 0. The van der Waals surface area contributed by atoms with Crippen LogP contribution >= 0.6 is 0 Å². The third-order valence-corrected chi connectivity index (χ3v) is 3.38. The minimum absolute atomic E-state index is 0.0483. The number of aliphatic carboxylic acids is 1. The van der Waals surface area contributed by atoms with Gasteiger partial charge in [0, 0.05) is 19.1 Å². The van der Waals surface area contributed by atoms with Crippen molar-refractivity contribution in [3.63, 3.8) is 0 Å². The molecule has 110 valence electrons. The van der Waals surface area contributed by atoms with Crippen LogP contribution < -0.4 is 4.74 Å². The lowest BCUT2D eigenvalue weighted by Gasteiger charge is -2.34. The van der Waals surface area contributed by atoms with Crippen LogP contribution in [0.1, 0.15) is 18.9 Å². The van der Waals surface area contributed by atoms with Crippen molar-refractivity contribution >= 4 is 5.97 Å². The topological polar surface area (TPSA) is 59.0 Å². The molecule has 5 nitrogen and oxygen atoms in total. The van der Waals surface area contributed by atoms with Crippen molar-refractivity contribution in [3.8, 4) is 5.75 Å². The van der Waals surface area contributed by atoms with Gasteiger partial charge in [-0.05, 0) is 24.6 Å². The van der Waals surface area contributed by atoms with Crippen molar-refractivity contribution in [1.29, 1.82) is 0 Å². The van der Waals surface area contributed by atoms with E-state index in [-0.39, 0.29) is 12.5 Å². The third kappa shape index (κ3) is 4.21. The number of hydrogen-bond donors (Lipinski definition) is 1. The molecular weight excluding hydrogens is 258 g/mol. The molecule has 0 saturated carbocycles. The second-order valence-corrected chi connectivity index (χ2v) is 4.87. The van der Waals surface area contributed by atoms with E-state index >= 15 is 0 Å². The van der Waals surface area contributed by atoms with Gasteiger partial charge < -0.3 is 14.6 Å². The summed E-state index contributed by atoms with van der Waals surface area (Å²) in [7, 11) is 0. The average molecular weight is 279 g/mol. The Morgan fingerprint density at radius 1 is 1.45 bits per heavy atom. The second-order valence-electron chi connectivity index (χ2n) is 4.87. The summed E-state index contributed by atoms with van der Waals surface area (Å²) in [5.41, 5.74) is 1.16. The Kier molecular flexibility index (Phi) is 5.38. The van der Waals surface area contributed by atoms with Gasteiger partial charge in [0.15, 0.2) is 0 Å². The minimum atomic E-state index is -0.780. The van der Waals surface area contributed by atoms with Crippen LogP contribution in [0.3, 0.4) is 0 Å². The van der Waals surface area contributed by atoms with Gasteiger partial charge in [-0.15, -0.1) is 0 Å². The number of carboxylic acid groups (broad SMARTS) is 1. The summed E-state index contributed by atoms with van der Waals surface area (Å²) in [5.74, 6) is 0.0810. The van der Waals surface area contributed by atoms with Crippen LogP contribution in [-0.2, 0) is 16.1 Å². The number of ether oxygens (including phenoxy) is 2. The van der Waals surface area contributed by atoms with E-state index in [1.807, 2.05) is 31.2 Å². The number of benzene rings is 1. The van der Waals surface area contributed by atoms with Crippen molar-refractivity contribution < 1.29 is 19.4 Å². The highest BCUT2D eigenvalue weighted by atomic mass is 16.5. The first-order chi connectivity index (χ1) is 9.69. The molecule has 1 aromatic rings. The first kappa shape index (κ1) is 14.8. The zero-order valence-corrected chi connectivity index (χ0v) is 11.7. The fraction of sp³-hybridized carbons (Fsp3) is 0.533. The summed E-state index contributed by atoms with van der Waals surface area (Å²) in [6, 6.07) is 7.90. The maximum Gasteiger partial charge on any atom is 0.305 e. The van der Waals surface area contributed by atoms with Crippen LogP contribution in [0.4, 0.5) is 0 Å². The third-order valence-electron chi connectivity index (χ3n) is 3.38. The van der Waals surface area contributed by atoms with Crippen LogP contribution in [0.25, 0.3) is 0 Å². The molecule has 1 aliphatic rings. The van der Waals surface area contributed by atoms with Gasteiger partial charge in [0.1, 0.15) is 5.75 Å². The first-order valence-electron chi connectivity index (χ1n) is 6.94. The van der Waals surface area contributed by atoms with Gasteiger partial charge in [0.25, 0.3) is 0 Å². The molecule has 1 unspecified atom stereocenters. The average Bonchev–Trinajstić information content (AvgIpc) is 2.43. The molecule has 1 saturated heterocycles. The predicted octanol–water partition coefficient (Wildman–Crippen LogP) is 1.76. The maximum atomic E-state index is 10.9. The van der Waals surface area contributed by atoms with Crippen molar-refractivity contribution in [2.24, 2.45) is 0 Å². The molecule has 1 aromatic carbocycles. The number of nitrogens with zero attached hydrogens (tertiary/aromatic N) is 1. The summed E-state index contributed by atoms with van der Waals surface area (Å²) in [6.07, 6.45) is 0.122. The molecule has 0 aliphatic carbocycles. The Hall–Kier alpha value is -1.59. The number of morpholine rings is 1. The molecule has 1 N–H and O–H groups in total. The number of hydrogen-bond acceptors (Lipinski definition) is 4. The van der Waals surface area contributed by atoms with Crippen LogP contribution in [-0.4, -0.2) is 48.4 Å². The Bertz CT molecular complexity index is 432. The minimum Gasteiger partial charge on any atom is -0.494 e. The molecule has 20 heavy (non-hydrogen) atoms. The van der Waals surface area contributed by atoms with E-state index in [1.165, 1.54) is 0 Å². The van der Waals surface area contributed by atoms with Crippen LogP contribution in [0.5, 0.6) is 5.75 Å². The molecule has 0 aromatic heterocycles. The van der Waals surface area contributed by atoms with E-state index in [1.54, 1.807) is 0 Å². The predicted molar refractivity (Wildman–Crippen MR) is 74.9 cm³/mol. The smallest absolute Gasteiger partial charge is 0.305 e. The molecule has 0 radical (unpaired) electrons. The molecule has 0 amide bonds. The summed E-state index contributed by atoms with van der Waals surface area (Å²) in [6.45, 7) is 5.27. The van der Waals surface area contributed by atoms with Crippen molar-refractivity contribution in [3.05, 3.63) is 29.8 Å². The second kappa shape index (κ2) is 7.26. The van der Waals surface area contributed by atoms with Crippen LogP contribution in [0.15, 0.2) is 24.3 Å². The Labute approximate surface area is 119 Å². The van der Waals surface area contributed by atoms with E-state index in [0.717, 1.165) is 24.4 Å². The van der Waals surface area contributed by atoms with Crippen molar-refractivity contribution in [2.45, 2.75) is 25.9 Å². The number of rotatable bonds is 6. The van der Waals surface area contributed by atoms with Crippen LogP contribution in [0, 0.1) is 0 Å². The highest BCUT2D eigenvalue weighted by molar-refractivity contribution is 5.67. The zero-order valence-electron chi connectivity index (χ0n) is 11.7. The largest absolute Gasteiger partial charge is 0.494 e. The summed E-state index contributed by atoms with van der Waals surface area (Å²) in [5, 5.41) is 8.95. The number of carboxylic acids is 1. The quantitative estimate of drug-likeness (QED) is 0.860. The van der Waals surface area contributed by atoms with Gasteiger partial charge in [-0.2, -0.15) is 0 Å². The molecule has 1 heterocycles. The molecule has 1 atom stereocenters. The lowest BCUT2D eigenvalue weighted by molar-refractivity contribution is -0.140. The highest BCUT2D eigenvalue weighted by Gasteiger charge is 2.25. The van der Waals surface area contributed by atoms with Gasteiger partial charge in [0.05, 0.1) is 26.2 Å². The van der Waals surface area contributed by atoms with Gasteiger partial charge in [-0.25, -0.2) is 0 Å². The zero-order chi connectivity index (χ0) is 14.4. The lowest BCUT2D eigenvalue weighted by atomic mass is 10.1. The molecule has 0 bridgehead atoms. The lowest BCUT2D eigenvalue weighted by Crippen LogP contribution is -2.45. The Morgan fingerprint density at radius 2 is 2.20 bits per heavy atom. The number of carbonyl (C=O) groups is 1. The fourth-order valence-corrected chi connectivity index (χ4v) is 2.38. The molecule has 0 spiro atoms. The fourth-order valence-electron chi connectivity index (χ4n) is 2.38. The van der Waals surface area contributed by atoms with Gasteiger partial charge >= 0.3 is 5.97 Å². The van der Waals surface area contributed by atoms with Crippen LogP contribution in [0.2, 0.25) is 0 Å². The molecule has 2 rings (SSSR count). The molecule has 5 heteroatoms.